The molecule has 1 aromatic heterocycles. The summed E-state index contributed by atoms with van der Waals surface area (Å²) in [6.45, 7) is 19.4. The van der Waals surface area contributed by atoms with E-state index in [1.807, 2.05) is 48.5 Å². The molecule has 9 heteroatoms. The third-order valence-corrected chi connectivity index (χ3v) is 6.48. The average Bonchev–Trinajstić information content (AvgIpc) is 2.89. The molecule has 1 aromatic rings. The lowest BCUT2D eigenvalue weighted by molar-refractivity contribution is 0.00578. The van der Waals surface area contributed by atoms with Crippen molar-refractivity contribution in [1.29, 1.82) is 0 Å². The predicted octanol–water partition coefficient (Wildman–Crippen LogP) is 3.39. The van der Waals surface area contributed by atoms with E-state index in [2.05, 4.69) is 28.7 Å². The van der Waals surface area contributed by atoms with Crippen LogP contribution in [0.2, 0.25) is 0 Å². The monoisotopic (exact) mass is 446 g/mol. The second-order valence-electron chi connectivity index (χ2n) is 11.1. The van der Waals surface area contributed by atoms with Crippen molar-refractivity contribution in [3.63, 3.8) is 0 Å². The number of carbonyl (C=O) groups excluding carboxylic acids is 1. The molecule has 2 aliphatic rings. The molecule has 3 heterocycles. The molecular formula is C23H39BN4O4. The Balaban J connectivity index is 1.66. The number of hydrogen-bond acceptors (Lipinski definition) is 7. The van der Waals surface area contributed by atoms with E-state index in [1.54, 1.807) is 17.3 Å². The number of likely N-dealkylation sites (tertiary alicyclic amines) is 1. The van der Waals surface area contributed by atoms with Crippen LogP contribution in [0.1, 0.15) is 75.2 Å². The second-order valence-corrected chi connectivity index (χ2v) is 11.1. The summed E-state index contributed by atoms with van der Waals surface area (Å²) in [7, 11) is -0.474. The summed E-state index contributed by atoms with van der Waals surface area (Å²) in [4.78, 5) is 25.8. The Morgan fingerprint density at radius 1 is 1.12 bits per heavy atom. The molecule has 0 N–H and O–H groups in total. The molecule has 178 valence electrons. The standard InChI is InChI=1S/C23H39BN4O4/c1-16(2)28(18-10-12-27(13-11-18)20(29)30-21(3,4)5)19-25-14-17(15-26-19)24-31-22(6,7)23(8,9)32-24/h14-16,18H,10-13H2,1-9H3. The van der Waals surface area contributed by atoms with Crippen LogP contribution >= 0.6 is 0 Å². The largest absolute Gasteiger partial charge is 0.498 e. The van der Waals surface area contributed by atoms with Crippen molar-refractivity contribution in [2.75, 3.05) is 18.0 Å². The first-order valence-electron chi connectivity index (χ1n) is 11.6. The van der Waals surface area contributed by atoms with Crippen LogP contribution in [-0.2, 0) is 14.0 Å². The zero-order valence-electron chi connectivity index (χ0n) is 21.1. The maximum Gasteiger partial charge on any atom is 0.498 e. The highest BCUT2D eigenvalue weighted by Crippen LogP contribution is 2.36. The molecular weight excluding hydrogens is 407 g/mol. The summed E-state index contributed by atoms with van der Waals surface area (Å²) in [5.41, 5.74) is -0.467. The minimum Gasteiger partial charge on any atom is -0.444 e. The molecule has 0 bridgehead atoms. The van der Waals surface area contributed by atoms with Crippen LogP contribution in [-0.4, -0.2) is 70.1 Å². The van der Waals surface area contributed by atoms with Crippen LogP contribution in [0.5, 0.6) is 0 Å². The van der Waals surface area contributed by atoms with Crippen LogP contribution < -0.4 is 10.4 Å². The van der Waals surface area contributed by atoms with Crippen molar-refractivity contribution < 1.29 is 18.8 Å². The lowest BCUT2D eigenvalue weighted by Crippen LogP contribution is -2.50. The first kappa shape index (κ1) is 24.8. The molecule has 1 amide bonds. The third kappa shape index (κ3) is 5.37. The molecule has 2 aliphatic heterocycles. The topological polar surface area (TPSA) is 77.0 Å². The minimum atomic E-state index is -0.481. The molecule has 0 atom stereocenters. The summed E-state index contributed by atoms with van der Waals surface area (Å²) in [5, 5.41) is 0. The molecule has 2 fully saturated rings. The van der Waals surface area contributed by atoms with E-state index in [9.17, 15) is 4.79 Å². The van der Waals surface area contributed by atoms with Gasteiger partial charge in [0, 0.05) is 43.0 Å². The van der Waals surface area contributed by atoms with E-state index >= 15 is 0 Å². The van der Waals surface area contributed by atoms with Gasteiger partial charge in [0.15, 0.2) is 0 Å². The van der Waals surface area contributed by atoms with Gasteiger partial charge in [-0.1, -0.05) is 0 Å². The van der Waals surface area contributed by atoms with E-state index in [0.29, 0.717) is 19.0 Å². The highest BCUT2D eigenvalue weighted by atomic mass is 16.7. The first-order valence-corrected chi connectivity index (χ1v) is 11.6. The zero-order chi connectivity index (χ0) is 23.9. The van der Waals surface area contributed by atoms with E-state index in [-0.39, 0.29) is 18.2 Å². The normalized spacial score (nSPS) is 21.2. The van der Waals surface area contributed by atoms with Gasteiger partial charge in [-0.25, -0.2) is 14.8 Å². The fourth-order valence-electron chi connectivity index (χ4n) is 4.03. The fourth-order valence-corrected chi connectivity index (χ4v) is 4.03. The van der Waals surface area contributed by atoms with Gasteiger partial charge in [0.2, 0.25) is 5.95 Å². The van der Waals surface area contributed by atoms with Gasteiger partial charge < -0.3 is 23.8 Å². The second kappa shape index (κ2) is 8.82. The molecule has 0 unspecified atom stereocenters. The number of carbonyl (C=O) groups is 1. The Hall–Kier alpha value is -1.87. The minimum absolute atomic E-state index is 0.232. The lowest BCUT2D eigenvalue weighted by Gasteiger charge is -2.40. The molecule has 3 rings (SSSR count). The molecule has 0 radical (unpaired) electrons. The van der Waals surface area contributed by atoms with Gasteiger partial charge in [-0.3, -0.25) is 0 Å². The number of hydrogen-bond donors (Lipinski definition) is 0. The van der Waals surface area contributed by atoms with Crippen molar-refractivity contribution in [3.05, 3.63) is 12.4 Å². The van der Waals surface area contributed by atoms with E-state index < -0.39 is 23.9 Å². The van der Waals surface area contributed by atoms with Crippen LogP contribution in [0.3, 0.4) is 0 Å². The van der Waals surface area contributed by atoms with Gasteiger partial charge in [-0.15, -0.1) is 0 Å². The van der Waals surface area contributed by atoms with Crippen molar-refractivity contribution >= 4 is 24.6 Å². The van der Waals surface area contributed by atoms with Gasteiger partial charge in [-0.05, 0) is 75.2 Å². The number of rotatable bonds is 4. The predicted molar refractivity (Wildman–Crippen MR) is 126 cm³/mol. The summed E-state index contributed by atoms with van der Waals surface area (Å²) in [5.74, 6) is 0.691. The van der Waals surface area contributed by atoms with E-state index in [4.69, 9.17) is 14.0 Å². The summed E-state index contributed by atoms with van der Waals surface area (Å²) in [6, 6.07) is 0.493. The molecule has 32 heavy (non-hydrogen) atoms. The van der Waals surface area contributed by atoms with Crippen LogP contribution in [0, 0.1) is 0 Å². The summed E-state index contributed by atoms with van der Waals surface area (Å²) in [6.07, 6.45) is 5.06. The van der Waals surface area contributed by atoms with Gasteiger partial charge >= 0.3 is 13.2 Å². The molecule has 0 spiro atoms. The Kier molecular flexibility index (Phi) is 6.83. The van der Waals surface area contributed by atoms with E-state index in [1.165, 1.54) is 0 Å². The van der Waals surface area contributed by atoms with Crippen molar-refractivity contribution in [2.45, 2.75) is 104 Å². The summed E-state index contributed by atoms with van der Waals surface area (Å²) >= 11 is 0. The van der Waals surface area contributed by atoms with Crippen LogP contribution in [0.25, 0.3) is 0 Å². The third-order valence-electron chi connectivity index (χ3n) is 6.48. The van der Waals surface area contributed by atoms with Gasteiger partial charge in [-0.2, -0.15) is 0 Å². The molecule has 0 saturated carbocycles. The molecule has 8 nitrogen and oxygen atoms in total. The Bertz CT molecular complexity index is 783. The quantitative estimate of drug-likeness (QED) is 0.657. The summed E-state index contributed by atoms with van der Waals surface area (Å²) < 4.78 is 17.8. The first-order chi connectivity index (χ1) is 14.7. The number of piperidine rings is 1. The highest BCUT2D eigenvalue weighted by molar-refractivity contribution is 6.61. The SMILES string of the molecule is CC(C)N(c1ncc(B2OC(C)(C)C(C)(C)O2)cn1)C1CCN(C(=O)OC(C)(C)C)CC1. The molecule has 0 aromatic carbocycles. The number of anilines is 1. The van der Waals surface area contributed by atoms with Gasteiger partial charge in [0.05, 0.1) is 11.2 Å². The Morgan fingerprint density at radius 3 is 2.06 bits per heavy atom. The van der Waals surface area contributed by atoms with E-state index in [0.717, 1.165) is 18.3 Å². The zero-order valence-corrected chi connectivity index (χ0v) is 21.1. The smallest absolute Gasteiger partial charge is 0.444 e. The molecule has 2 saturated heterocycles. The highest BCUT2D eigenvalue weighted by Gasteiger charge is 2.52. The number of aromatic nitrogens is 2. The van der Waals surface area contributed by atoms with Crippen molar-refractivity contribution in [3.8, 4) is 0 Å². The van der Waals surface area contributed by atoms with Gasteiger partial charge in [0.1, 0.15) is 5.60 Å². The number of nitrogens with zero attached hydrogens (tertiary/aromatic N) is 4. The van der Waals surface area contributed by atoms with Crippen LogP contribution in [0.4, 0.5) is 10.7 Å². The Labute approximate surface area is 193 Å². The van der Waals surface area contributed by atoms with Crippen molar-refractivity contribution in [2.24, 2.45) is 0 Å². The fraction of sp³-hybridized carbons (Fsp3) is 0.783. The maximum atomic E-state index is 12.4. The maximum absolute atomic E-state index is 12.4. The van der Waals surface area contributed by atoms with Gasteiger partial charge in [0.25, 0.3) is 0 Å². The number of amides is 1. The lowest BCUT2D eigenvalue weighted by atomic mass is 9.81. The van der Waals surface area contributed by atoms with Crippen molar-refractivity contribution in [1.82, 2.24) is 14.9 Å². The molecule has 0 aliphatic carbocycles. The van der Waals surface area contributed by atoms with Crippen LogP contribution in [0.15, 0.2) is 12.4 Å². The average molecular weight is 446 g/mol. The Morgan fingerprint density at radius 2 is 1.62 bits per heavy atom. The number of ether oxygens (including phenoxy) is 1.